The van der Waals surface area contributed by atoms with Crippen molar-refractivity contribution in [3.8, 4) is 0 Å². The number of nitro benzene ring substituents is 1. The molecule has 0 radical (unpaired) electrons. The third kappa shape index (κ3) is 4.78. The van der Waals surface area contributed by atoms with Gasteiger partial charge in [0.05, 0.1) is 29.2 Å². The van der Waals surface area contributed by atoms with Crippen molar-refractivity contribution in [2.24, 2.45) is 0 Å². The molecule has 1 amide bonds. The Hall–Kier alpha value is -4.79. The summed E-state index contributed by atoms with van der Waals surface area (Å²) in [6.45, 7) is 6.16. The summed E-state index contributed by atoms with van der Waals surface area (Å²) in [7, 11) is 1.25. The van der Waals surface area contributed by atoms with Crippen LogP contribution >= 0.6 is 0 Å². The molecular weight excluding hydrogens is 488 g/mol. The minimum Gasteiger partial charge on any atom is -0.507 e. The van der Waals surface area contributed by atoms with E-state index in [4.69, 9.17) is 4.74 Å². The van der Waals surface area contributed by atoms with Gasteiger partial charge in [-0.25, -0.2) is 4.79 Å². The molecule has 1 saturated heterocycles. The Balaban J connectivity index is 1.91. The zero-order valence-corrected chi connectivity index (χ0v) is 21.3. The number of amides is 1. The maximum absolute atomic E-state index is 13.3. The smallest absolute Gasteiger partial charge is 0.337 e. The van der Waals surface area contributed by atoms with Gasteiger partial charge < -0.3 is 9.84 Å². The molecule has 0 aliphatic carbocycles. The number of Topliss-reactive ketones (excluding diaryl/α,β-unsaturated/α-hetero) is 1. The molecule has 1 N–H and O–H groups in total. The van der Waals surface area contributed by atoms with Gasteiger partial charge in [0.15, 0.2) is 0 Å². The van der Waals surface area contributed by atoms with Crippen LogP contribution < -0.4 is 4.90 Å². The second-order valence-electron chi connectivity index (χ2n) is 9.89. The summed E-state index contributed by atoms with van der Waals surface area (Å²) in [5.74, 6) is -2.90. The first-order valence-electron chi connectivity index (χ1n) is 11.8. The van der Waals surface area contributed by atoms with Crippen LogP contribution in [0, 0.1) is 10.1 Å². The van der Waals surface area contributed by atoms with E-state index in [9.17, 15) is 29.6 Å². The highest BCUT2D eigenvalue weighted by molar-refractivity contribution is 6.51. The largest absolute Gasteiger partial charge is 0.507 e. The second kappa shape index (κ2) is 9.93. The molecule has 0 spiro atoms. The number of aliphatic hydroxyl groups is 1. The molecule has 9 nitrogen and oxygen atoms in total. The normalized spacial score (nSPS) is 16.9. The number of hydrogen-bond donors (Lipinski definition) is 1. The fourth-order valence-corrected chi connectivity index (χ4v) is 4.38. The maximum Gasteiger partial charge on any atom is 0.337 e. The Bertz CT molecular complexity index is 1470. The van der Waals surface area contributed by atoms with Crippen LogP contribution in [-0.4, -0.2) is 34.8 Å². The predicted molar refractivity (Wildman–Crippen MR) is 141 cm³/mol. The molecule has 1 fully saturated rings. The number of carbonyl (C=O) groups excluding carboxylic acids is 3. The van der Waals surface area contributed by atoms with Gasteiger partial charge in [-0.2, -0.15) is 0 Å². The van der Waals surface area contributed by atoms with Crippen molar-refractivity contribution in [3.05, 3.63) is 111 Å². The van der Waals surface area contributed by atoms with Gasteiger partial charge in [0, 0.05) is 23.4 Å². The van der Waals surface area contributed by atoms with Gasteiger partial charge in [0.1, 0.15) is 5.76 Å². The Kier molecular flexibility index (Phi) is 6.87. The number of carbonyl (C=O) groups is 3. The number of non-ortho nitro benzene ring substituents is 1. The number of hydrogen-bond acceptors (Lipinski definition) is 7. The van der Waals surface area contributed by atoms with Gasteiger partial charge in [0.25, 0.3) is 17.4 Å². The Morgan fingerprint density at radius 3 is 2.16 bits per heavy atom. The minimum atomic E-state index is -1.02. The molecule has 1 atom stereocenters. The Morgan fingerprint density at radius 1 is 0.974 bits per heavy atom. The van der Waals surface area contributed by atoms with Gasteiger partial charge in [-0.3, -0.25) is 24.6 Å². The van der Waals surface area contributed by atoms with Gasteiger partial charge in [-0.1, -0.05) is 57.2 Å². The molecular formula is C29H26N2O7. The quantitative estimate of drug-likeness (QED) is 0.122. The zero-order chi connectivity index (χ0) is 27.8. The molecule has 3 aromatic rings. The summed E-state index contributed by atoms with van der Waals surface area (Å²) in [5, 5.41) is 22.5. The van der Waals surface area contributed by atoms with Crippen LogP contribution in [-0.2, 0) is 19.7 Å². The van der Waals surface area contributed by atoms with Crippen molar-refractivity contribution in [1.82, 2.24) is 0 Å². The Labute approximate surface area is 219 Å². The highest BCUT2D eigenvalue weighted by Crippen LogP contribution is 2.43. The number of methoxy groups -OCH3 is 1. The van der Waals surface area contributed by atoms with E-state index in [1.54, 1.807) is 12.1 Å². The molecule has 1 unspecified atom stereocenters. The van der Waals surface area contributed by atoms with E-state index in [0.29, 0.717) is 11.3 Å². The number of ketones is 1. The summed E-state index contributed by atoms with van der Waals surface area (Å²) in [6.07, 6.45) is 0. The minimum absolute atomic E-state index is 0.0366. The maximum atomic E-state index is 13.3. The SMILES string of the molecule is COC(=O)c1ccc(N2C(=O)C(=O)/C(=C(\O)c3cccc([N+](=O)[O-])c3)C2c2ccc(C(C)(C)C)cc2)cc1. The van der Waals surface area contributed by atoms with Crippen molar-refractivity contribution in [1.29, 1.82) is 0 Å². The fraction of sp³-hybridized carbons (Fsp3) is 0.207. The molecule has 0 saturated carbocycles. The first kappa shape index (κ1) is 26.3. The monoisotopic (exact) mass is 514 g/mol. The van der Waals surface area contributed by atoms with E-state index in [-0.39, 0.29) is 27.8 Å². The van der Waals surface area contributed by atoms with Gasteiger partial charge >= 0.3 is 5.97 Å². The summed E-state index contributed by atoms with van der Waals surface area (Å²) in [5.41, 5.74) is 1.59. The van der Waals surface area contributed by atoms with E-state index in [1.165, 1.54) is 54.5 Å². The van der Waals surface area contributed by atoms with Crippen molar-refractivity contribution >= 4 is 34.8 Å². The van der Waals surface area contributed by atoms with Crippen LogP contribution in [0.15, 0.2) is 78.4 Å². The van der Waals surface area contributed by atoms with E-state index < -0.39 is 34.4 Å². The number of anilines is 1. The first-order valence-corrected chi connectivity index (χ1v) is 11.8. The molecule has 38 heavy (non-hydrogen) atoms. The van der Waals surface area contributed by atoms with Crippen LogP contribution in [0.2, 0.25) is 0 Å². The number of nitro groups is 1. The van der Waals surface area contributed by atoms with E-state index in [0.717, 1.165) is 11.6 Å². The summed E-state index contributed by atoms with van der Waals surface area (Å²) < 4.78 is 4.73. The summed E-state index contributed by atoms with van der Waals surface area (Å²) in [4.78, 5) is 50.5. The van der Waals surface area contributed by atoms with Crippen LogP contribution in [0.25, 0.3) is 5.76 Å². The van der Waals surface area contributed by atoms with E-state index in [1.807, 2.05) is 12.1 Å². The van der Waals surface area contributed by atoms with Crippen molar-refractivity contribution in [3.63, 3.8) is 0 Å². The molecule has 0 aromatic heterocycles. The lowest BCUT2D eigenvalue weighted by atomic mass is 9.85. The highest BCUT2D eigenvalue weighted by atomic mass is 16.6. The van der Waals surface area contributed by atoms with E-state index >= 15 is 0 Å². The molecule has 1 aliphatic heterocycles. The molecule has 4 rings (SSSR count). The Morgan fingerprint density at radius 2 is 1.61 bits per heavy atom. The third-order valence-electron chi connectivity index (χ3n) is 6.43. The molecule has 9 heteroatoms. The second-order valence-corrected chi connectivity index (χ2v) is 9.89. The highest BCUT2D eigenvalue weighted by Gasteiger charge is 2.47. The molecule has 1 aliphatic rings. The lowest BCUT2D eigenvalue weighted by Gasteiger charge is -2.26. The number of rotatable bonds is 5. The number of nitrogens with zero attached hydrogens (tertiary/aromatic N) is 2. The van der Waals surface area contributed by atoms with Crippen LogP contribution in [0.5, 0.6) is 0 Å². The molecule has 1 heterocycles. The number of ether oxygens (including phenoxy) is 1. The third-order valence-corrected chi connectivity index (χ3v) is 6.43. The number of esters is 1. The number of benzene rings is 3. The average Bonchev–Trinajstić information content (AvgIpc) is 3.17. The van der Waals surface area contributed by atoms with Crippen molar-refractivity contribution < 1.29 is 29.2 Å². The van der Waals surface area contributed by atoms with Crippen LogP contribution in [0.3, 0.4) is 0 Å². The topological polar surface area (TPSA) is 127 Å². The van der Waals surface area contributed by atoms with Gasteiger partial charge in [0.2, 0.25) is 0 Å². The molecule has 194 valence electrons. The van der Waals surface area contributed by atoms with Crippen LogP contribution in [0.4, 0.5) is 11.4 Å². The average molecular weight is 515 g/mol. The standard InChI is InChI=1S/C29H26N2O7/c1-29(2,3)20-12-8-17(9-13-20)24-23(25(32)19-6-5-7-22(16-19)31(36)37)26(33)27(34)30(24)21-14-10-18(11-15-21)28(35)38-4/h5-16,24,32H,1-4H3/b25-23-. The lowest BCUT2D eigenvalue weighted by molar-refractivity contribution is -0.384. The summed E-state index contributed by atoms with van der Waals surface area (Å²) in [6, 6.07) is 17.5. The van der Waals surface area contributed by atoms with Gasteiger partial charge in [-0.15, -0.1) is 0 Å². The molecule has 0 bridgehead atoms. The van der Waals surface area contributed by atoms with Crippen LogP contribution in [0.1, 0.15) is 53.9 Å². The van der Waals surface area contributed by atoms with Crippen molar-refractivity contribution in [2.75, 3.05) is 12.0 Å². The first-order chi connectivity index (χ1) is 17.9. The van der Waals surface area contributed by atoms with E-state index in [2.05, 4.69) is 20.8 Å². The molecule has 3 aromatic carbocycles. The fourth-order valence-electron chi connectivity index (χ4n) is 4.38. The number of aliphatic hydroxyl groups excluding tert-OH is 1. The summed E-state index contributed by atoms with van der Waals surface area (Å²) >= 11 is 0. The lowest BCUT2D eigenvalue weighted by Crippen LogP contribution is -2.29. The predicted octanol–water partition coefficient (Wildman–Crippen LogP) is 5.31. The van der Waals surface area contributed by atoms with Crippen molar-refractivity contribution in [2.45, 2.75) is 32.2 Å². The zero-order valence-electron chi connectivity index (χ0n) is 21.3. The van der Waals surface area contributed by atoms with Gasteiger partial charge in [-0.05, 0) is 40.8 Å².